The molecule has 1 amide bonds. The van der Waals surface area contributed by atoms with Gasteiger partial charge in [-0.25, -0.2) is 4.79 Å². The number of esters is 1. The van der Waals surface area contributed by atoms with Crippen LogP contribution in [0.3, 0.4) is 0 Å². The summed E-state index contributed by atoms with van der Waals surface area (Å²) in [6, 6.07) is 7.28. The highest BCUT2D eigenvalue weighted by Gasteiger charge is 2.26. The van der Waals surface area contributed by atoms with Gasteiger partial charge in [-0.1, -0.05) is 18.2 Å². The van der Waals surface area contributed by atoms with E-state index in [4.69, 9.17) is 4.74 Å². The third-order valence-corrected chi connectivity index (χ3v) is 4.59. The second-order valence-electron chi connectivity index (χ2n) is 6.02. The number of hydrogen-bond donors (Lipinski definition) is 0. The zero-order chi connectivity index (χ0) is 16.4. The van der Waals surface area contributed by atoms with Crippen molar-refractivity contribution in [3.8, 4) is 0 Å². The summed E-state index contributed by atoms with van der Waals surface area (Å²) in [5.41, 5.74) is 1.38. The fraction of sp³-hybridized carbons (Fsp3) is 0.444. The summed E-state index contributed by atoms with van der Waals surface area (Å²) in [7, 11) is 1.37. The number of rotatable bonds is 3. The summed E-state index contributed by atoms with van der Waals surface area (Å²) < 4.78 is 6.75. The van der Waals surface area contributed by atoms with Crippen LogP contribution < -0.4 is 0 Å². The molecule has 1 fully saturated rings. The number of carbonyl (C=O) groups is 2. The van der Waals surface area contributed by atoms with Gasteiger partial charge in [-0.2, -0.15) is 0 Å². The minimum atomic E-state index is -0.377. The number of aromatic nitrogens is 1. The van der Waals surface area contributed by atoms with Gasteiger partial charge >= 0.3 is 5.97 Å². The van der Waals surface area contributed by atoms with E-state index in [1.54, 1.807) is 6.20 Å². The summed E-state index contributed by atoms with van der Waals surface area (Å²) >= 11 is 0. The minimum absolute atomic E-state index is 0.113. The molecule has 1 saturated heterocycles. The van der Waals surface area contributed by atoms with E-state index < -0.39 is 0 Å². The van der Waals surface area contributed by atoms with Gasteiger partial charge < -0.3 is 14.2 Å². The number of likely N-dealkylation sites (tertiary alicyclic amines) is 1. The summed E-state index contributed by atoms with van der Waals surface area (Å²) in [6.45, 7) is 3.54. The van der Waals surface area contributed by atoms with Crippen molar-refractivity contribution in [3.05, 3.63) is 36.0 Å². The molecule has 1 aliphatic heterocycles. The normalized spacial score (nSPS) is 16.3. The van der Waals surface area contributed by atoms with Crippen LogP contribution in [0.1, 0.15) is 42.6 Å². The molecule has 122 valence electrons. The van der Waals surface area contributed by atoms with Crippen molar-refractivity contribution >= 4 is 22.8 Å². The molecule has 5 nitrogen and oxygen atoms in total. The van der Waals surface area contributed by atoms with Gasteiger partial charge in [0, 0.05) is 30.2 Å². The monoisotopic (exact) mass is 314 g/mol. The number of hydrogen-bond acceptors (Lipinski definition) is 3. The predicted octanol–water partition coefficient (Wildman–Crippen LogP) is 3.00. The lowest BCUT2D eigenvalue weighted by Gasteiger charge is -2.30. The predicted molar refractivity (Wildman–Crippen MR) is 88.4 cm³/mol. The largest absolute Gasteiger partial charge is 0.465 e. The number of amides is 1. The zero-order valence-electron chi connectivity index (χ0n) is 13.6. The first kappa shape index (κ1) is 15.6. The molecular weight excluding hydrogens is 292 g/mol. The maximum absolute atomic E-state index is 12.8. The first-order valence-corrected chi connectivity index (χ1v) is 8.10. The Hall–Kier alpha value is -2.30. The van der Waals surface area contributed by atoms with Crippen molar-refractivity contribution in [1.29, 1.82) is 0 Å². The van der Waals surface area contributed by atoms with E-state index in [0.29, 0.717) is 5.56 Å². The number of nitrogens with zero attached hydrogens (tertiary/aromatic N) is 2. The van der Waals surface area contributed by atoms with Gasteiger partial charge in [-0.3, -0.25) is 4.79 Å². The number of piperidine rings is 1. The van der Waals surface area contributed by atoms with Gasteiger partial charge in [0.25, 0.3) is 0 Å². The number of carbonyl (C=O) groups excluding carboxylic acids is 2. The van der Waals surface area contributed by atoms with Crippen molar-refractivity contribution in [2.24, 2.45) is 0 Å². The molecule has 0 aliphatic carbocycles. The van der Waals surface area contributed by atoms with Crippen molar-refractivity contribution in [2.45, 2.75) is 32.2 Å². The van der Waals surface area contributed by atoms with Crippen LogP contribution in [0.5, 0.6) is 0 Å². The van der Waals surface area contributed by atoms with Crippen LogP contribution in [0.25, 0.3) is 10.9 Å². The Labute approximate surface area is 135 Å². The van der Waals surface area contributed by atoms with E-state index in [9.17, 15) is 9.59 Å². The molecule has 1 aliphatic rings. The lowest BCUT2D eigenvalue weighted by Crippen LogP contribution is -2.39. The standard InChI is InChI=1S/C18H22N2O3/c1-13(17(21)19-10-6-3-7-11-19)20-12-15(18(22)23-2)14-8-4-5-9-16(14)20/h4-5,8-9,12-13H,3,6-7,10-11H2,1-2H3/t13-/m0/s1. The minimum Gasteiger partial charge on any atom is -0.465 e. The first-order valence-electron chi connectivity index (χ1n) is 8.10. The summed E-state index contributed by atoms with van der Waals surface area (Å²) in [6.07, 6.45) is 5.07. The second kappa shape index (κ2) is 6.44. The topological polar surface area (TPSA) is 51.5 Å². The number of methoxy groups -OCH3 is 1. The highest BCUT2D eigenvalue weighted by Crippen LogP contribution is 2.26. The summed E-state index contributed by atoms with van der Waals surface area (Å²) in [5.74, 6) is -0.264. The van der Waals surface area contributed by atoms with Gasteiger partial charge in [0.1, 0.15) is 6.04 Å². The Bertz CT molecular complexity index is 729. The van der Waals surface area contributed by atoms with Gasteiger partial charge in [-0.15, -0.1) is 0 Å². The van der Waals surface area contributed by atoms with Crippen LogP contribution >= 0.6 is 0 Å². The fourth-order valence-corrected chi connectivity index (χ4v) is 3.30. The molecule has 0 spiro atoms. The van der Waals surface area contributed by atoms with E-state index in [1.165, 1.54) is 13.5 Å². The Morgan fingerprint density at radius 2 is 1.83 bits per heavy atom. The zero-order valence-corrected chi connectivity index (χ0v) is 13.6. The van der Waals surface area contributed by atoms with Crippen LogP contribution in [0.15, 0.2) is 30.5 Å². The highest BCUT2D eigenvalue weighted by atomic mass is 16.5. The lowest BCUT2D eigenvalue weighted by molar-refractivity contribution is -0.135. The SMILES string of the molecule is COC(=O)c1cn([C@@H](C)C(=O)N2CCCCC2)c2ccccc12. The molecule has 0 unspecified atom stereocenters. The molecule has 0 N–H and O–H groups in total. The average Bonchev–Trinajstić information content (AvgIpc) is 3.00. The van der Waals surface area contributed by atoms with Crippen molar-refractivity contribution in [1.82, 2.24) is 9.47 Å². The molecule has 23 heavy (non-hydrogen) atoms. The molecular formula is C18H22N2O3. The van der Waals surface area contributed by atoms with E-state index in [0.717, 1.165) is 36.8 Å². The van der Waals surface area contributed by atoms with Crippen LogP contribution in [-0.2, 0) is 9.53 Å². The molecule has 0 bridgehead atoms. The Morgan fingerprint density at radius 3 is 2.52 bits per heavy atom. The third-order valence-electron chi connectivity index (χ3n) is 4.59. The fourth-order valence-electron chi connectivity index (χ4n) is 3.30. The van der Waals surface area contributed by atoms with Crippen molar-refractivity contribution in [2.75, 3.05) is 20.2 Å². The van der Waals surface area contributed by atoms with Gasteiger partial charge in [0.2, 0.25) is 5.91 Å². The molecule has 1 aromatic heterocycles. The molecule has 0 radical (unpaired) electrons. The molecule has 1 aromatic carbocycles. The van der Waals surface area contributed by atoms with E-state index in [-0.39, 0.29) is 17.9 Å². The molecule has 5 heteroatoms. The van der Waals surface area contributed by atoms with Crippen molar-refractivity contribution in [3.63, 3.8) is 0 Å². The van der Waals surface area contributed by atoms with E-state index in [1.807, 2.05) is 40.7 Å². The number of para-hydroxylation sites is 1. The Morgan fingerprint density at radius 1 is 1.13 bits per heavy atom. The molecule has 0 saturated carbocycles. The van der Waals surface area contributed by atoms with Crippen LogP contribution in [0.2, 0.25) is 0 Å². The lowest BCUT2D eigenvalue weighted by atomic mass is 10.1. The number of ether oxygens (including phenoxy) is 1. The number of benzene rings is 1. The van der Waals surface area contributed by atoms with E-state index in [2.05, 4.69) is 0 Å². The Kier molecular flexibility index (Phi) is 4.37. The summed E-state index contributed by atoms with van der Waals surface area (Å²) in [4.78, 5) is 26.7. The van der Waals surface area contributed by atoms with Crippen molar-refractivity contribution < 1.29 is 14.3 Å². The maximum atomic E-state index is 12.8. The first-order chi connectivity index (χ1) is 11.1. The maximum Gasteiger partial charge on any atom is 0.340 e. The summed E-state index contributed by atoms with van der Waals surface area (Å²) in [5, 5.41) is 0.817. The van der Waals surface area contributed by atoms with Crippen LogP contribution in [-0.4, -0.2) is 41.5 Å². The molecule has 3 rings (SSSR count). The quantitative estimate of drug-likeness (QED) is 0.818. The van der Waals surface area contributed by atoms with E-state index >= 15 is 0 Å². The second-order valence-corrected chi connectivity index (χ2v) is 6.02. The van der Waals surface area contributed by atoms with Gasteiger partial charge in [0.15, 0.2) is 0 Å². The van der Waals surface area contributed by atoms with Crippen LogP contribution in [0.4, 0.5) is 0 Å². The molecule has 2 aromatic rings. The van der Waals surface area contributed by atoms with Crippen LogP contribution in [0, 0.1) is 0 Å². The molecule has 1 atom stereocenters. The number of fused-ring (bicyclic) bond motifs is 1. The average molecular weight is 314 g/mol. The smallest absolute Gasteiger partial charge is 0.340 e. The Balaban J connectivity index is 1.98. The van der Waals surface area contributed by atoms with Gasteiger partial charge in [0.05, 0.1) is 12.7 Å². The molecule has 2 heterocycles. The van der Waals surface area contributed by atoms with Gasteiger partial charge in [-0.05, 0) is 32.3 Å². The third kappa shape index (κ3) is 2.83. The highest BCUT2D eigenvalue weighted by molar-refractivity contribution is 6.04.